The summed E-state index contributed by atoms with van der Waals surface area (Å²) >= 11 is 0. The number of hydrogen-bond donors (Lipinski definition) is 5. The van der Waals surface area contributed by atoms with Crippen molar-refractivity contribution >= 4 is 35.6 Å². The van der Waals surface area contributed by atoms with Crippen molar-refractivity contribution < 1.29 is 33.5 Å². The van der Waals surface area contributed by atoms with E-state index in [0.717, 1.165) is 32.1 Å². The van der Waals surface area contributed by atoms with Crippen LogP contribution in [-0.2, 0) is 23.9 Å². The second kappa shape index (κ2) is 20.4. The Balaban J connectivity index is 2.42. The van der Waals surface area contributed by atoms with Crippen LogP contribution < -0.4 is 26.6 Å². The van der Waals surface area contributed by atoms with Crippen molar-refractivity contribution in [2.45, 2.75) is 144 Å². The predicted molar refractivity (Wildman–Crippen MR) is 198 cm³/mol. The fraction of sp³-hybridized carbons (Fsp3) is 0.789. The van der Waals surface area contributed by atoms with Gasteiger partial charge in [-0.15, -0.1) is 6.58 Å². The molecule has 13 heteroatoms. The van der Waals surface area contributed by atoms with Crippen LogP contribution in [0.2, 0.25) is 0 Å². The maximum atomic E-state index is 14.8. The van der Waals surface area contributed by atoms with Gasteiger partial charge in [0.05, 0.1) is 12.1 Å². The largest absolute Gasteiger partial charge is 0.447 e. The number of nitrogens with zero attached hydrogens (tertiary/aromatic N) is 1. The lowest BCUT2D eigenvalue weighted by Gasteiger charge is -2.37. The standard InChI is InChI=1S/C38H66N6O7/c1-11-17-28(32(45)34(47)39-20-12-2)41-33(46)31-26(13-3)27(23(4)5)21-44(31)35(48)30(25-18-15-14-16-19-25)43-36(49)42-29(38(8,9)10)22-51-37(50)40-24(6)7/h12,23-31H,2,11,13-22H2,1,3-10H3,(H,39,47)(H,40,50)(H,41,46)(H2,42,43,49)/t26-,27+,28?,29+,30-,31-/m0/s1. The lowest BCUT2D eigenvalue weighted by Crippen LogP contribution is -2.61. The summed E-state index contributed by atoms with van der Waals surface area (Å²) in [6.07, 6.45) is 6.72. The van der Waals surface area contributed by atoms with E-state index in [4.69, 9.17) is 4.74 Å². The van der Waals surface area contributed by atoms with Crippen molar-refractivity contribution in [3.05, 3.63) is 12.7 Å². The van der Waals surface area contributed by atoms with Crippen LogP contribution in [0.3, 0.4) is 0 Å². The summed E-state index contributed by atoms with van der Waals surface area (Å²) in [5.74, 6) is -2.51. The number of ether oxygens (including phenoxy) is 1. The Morgan fingerprint density at radius 1 is 0.922 bits per heavy atom. The highest BCUT2D eigenvalue weighted by atomic mass is 16.5. The van der Waals surface area contributed by atoms with Crippen molar-refractivity contribution in [3.8, 4) is 0 Å². The Kier molecular flexibility index (Phi) is 17.4. The Morgan fingerprint density at radius 3 is 2.10 bits per heavy atom. The molecule has 6 amide bonds. The molecule has 5 N–H and O–H groups in total. The van der Waals surface area contributed by atoms with Crippen molar-refractivity contribution in [2.75, 3.05) is 19.7 Å². The molecule has 13 nitrogen and oxygen atoms in total. The molecule has 6 atom stereocenters. The summed E-state index contributed by atoms with van der Waals surface area (Å²) in [5, 5.41) is 14.0. The van der Waals surface area contributed by atoms with E-state index in [-0.39, 0.29) is 55.2 Å². The number of alkyl carbamates (subject to hydrolysis) is 1. The van der Waals surface area contributed by atoms with Gasteiger partial charge in [0.15, 0.2) is 0 Å². The number of carbonyl (C=O) groups excluding carboxylic acids is 6. The minimum absolute atomic E-state index is 0.00570. The molecule has 2 aliphatic rings. The fourth-order valence-electron chi connectivity index (χ4n) is 7.27. The van der Waals surface area contributed by atoms with E-state index in [0.29, 0.717) is 19.4 Å². The van der Waals surface area contributed by atoms with Crippen LogP contribution in [0.15, 0.2) is 12.7 Å². The summed E-state index contributed by atoms with van der Waals surface area (Å²) in [4.78, 5) is 82.3. The number of hydrogen-bond acceptors (Lipinski definition) is 7. The van der Waals surface area contributed by atoms with Gasteiger partial charge in [-0.25, -0.2) is 9.59 Å². The number of nitrogens with one attached hydrogen (secondary N) is 5. The molecule has 1 aliphatic carbocycles. The molecular formula is C38H66N6O7. The minimum atomic E-state index is -1.04. The number of rotatable bonds is 17. The van der Waals surface area contributed by atoms with Gasteiger partial charge in [0, 0.05) is 19.1 Å². The number of Topliss-reactive ketones (excluding diaryl/α,β-unsaturated/α-hetero) is 1. The van der Waals surface area contributed by atoms with Crippen LogP contribution >= 0.6 is 0 Å². The number of carbonyl (C=O) groups is 6. The van der Waals surface area contributed by atoms with Gasteiger partial charge < -0.3 is 36.2 Å². The quantitative estimate of drug-likeness (QED) is 0.109. The molecule has 2 rings (SSSR count). The van der Waals surface area contributed by atoms with Gasteiger partial charge in [-0.1, -0.05) is 86.6 Å². The van der Waals surface area contributed by atoms with Crippen LogP contribution in [0.5, 0.6) is 0 Å². The first-order valence-electron chi connectivity index (χ1n) is 19.0. The van der Waals surface area contributed by atoms with Gasteiger partial charge in [-0.3, -0.25) is 19.2 Å². The van der Waals surface area contributed by atoms with E-state index in [1.807, 2.05) is 48.5 Å². The van der Waals surface area contributed by atoms with Gasteiger partial charge in [0.1, 0.15) is 18.7 Å². The summed E-state index contributed by atoms with van der Waals surface area (Å²) in [6.45, 7) is 21.4. The zero-order chi connectivity index (χ0) is 38.5. The highest BCUT2D eigenvalue weighted by Crippen LogP contribution is 2.39. The summed E-state index contributed by atoms with van der Waals surface area (Å²) in [6, 6.07) is -4.05. The zero-order valence-corrected chi connectivity index (χ0v) is 32.6. The van der Waals surface area contributed by atoms with Gasteiger partial charge in [-0.05, 0) is 62.2 Å². The van der Waals surface area contributed by atoms with Crippen LogP contribution in [0, 0.1) is 29.1 Å². The molecule has 1 saturated carbocycles. The Labute approximate surface area is 305 Å². The van der Waals surface area contributed by atoms with E-state index < -0.39 is 59.3 Å². The third-order valence-electron chi connectivity index (χ3n) is 10.2. The number of ketones is 1. The maximum absolute atomic E-state index is 14.8. The molecule has 1 aliphatic heterocycles. The third kappa shape index (κ3) is 12.8. The van der Waals surface area contributed by atoms with Gasteiger partial charge in [-0.2, -0.15) is 0 Å². The van der Waals surface area contributed by atoms with Crippen LogP contribution in [0.4, 0.5) is 9.59 Å². The van der Waals surface area contributed by atoms with Crippen molar-refractivity contribution in [2.24, 2.45) is 29.1 Å². The SMILES string of the molecule is C=CCNC(=O)C(=O)C(CCC)NC(=O)[C@@H]1[C@@H](CC)[C@@H](C(C)C)CN1C(=O)[C@@H](NC(=O)N[C@H](COC(=O)NC(C)C)C(C)(C)C)C1CCCCC1. The minimum Gasteiger partial charge on any atom is -0.447 e. The molecule has 0 bridgehead atoms. The fourth-order valence-corrected chi connectivity index (χ4v) is 7.27. The molecule has 0 spiro atoms. The van der Waals surface area contributed by atoms with Gasteiger partial charge in [0.2, 0.25) is 17.6 Å². The molecule has 0 aromatic heterocycles. The van der Waals surface area contributed by atoms with Crippen molar-refractivity contribution in [1.82, 2.24) is 31.5 Å². The molecule has 1 saturated heterocycles. The molecule has 0 aromatic carbocycles. The van der Waals surface area contributed by atoms with Crippen molar-refractivity contribution in [3.63, 3.8) is 0 Å². The van der Waals surface area contributed by atoms with E-state index in [9.17, 15) is 28.8 Å². The summed E-state index contributed by atoms with van der Waals surface area (Å²) in [7, 11) is 0. The van der Waals surface area contributed by atoms with Crippen molar-refractivity contribution in [1.29, 1.82) is 0 Å². The van der Waals surface area contributed by atoms with Crippen LogP contribution in [0.25, 0.3) is 0 Å². The average molecular weight is 719 g/mol. The third-order valence-corrected chi connectivity index (χ3v) is 10.2. The van der Waals surface area contributed by atoms with E-state index >= 15 is 0 Å². The smallest absolute Gasteiger partial charge is 0.407 e. The summed E-state index contributed by atoms with van der Waals surface area (Å²) < 4.78 is 5.43. The van der Waals surface area contributed by atoms with E-state index in [1.165, 1.54) is 6.08 Å². The molecule has 1 unspecified atom stereocenters. The topological polar surface area (TPSA) is 175 Å². The molecule has 1 heterocycles. The first-order chi connectivity index (χ1) is 24.0. The molecule has 51 heavy (non-hydrogen) atoms. The highest BCUT2D eigenvalue weighted by Gasteiger charge is 2.50. The predicted octanol–water partition coefficient (Wildman–Crippen LogP) is 4.45. The lowest BCUT2D eigenvalue weighted by atomic mass is 9.81. The highest BCUT2D eigenvalue weighted by molar-refractivity contribution is 6.38. The maximum Gasteiger partial charge on any atom is 0.407 e. The molecule has 2 fully saturated rings. The first-order valence-corrected chi connectivity index (χ1v) is 19.0. The van der Waals surface area contributed by atoms with Gasteiger partial charge >= 0.3 is 12.1 Å². The number of likely N-dealkylation sites (tertiary alicyclic amines) is 1. The summed E-state index contributed by atoms with van der Waals surface area (Å²) in [5.41, 5.74) is -0.480. The molecule has 0 aromatic rings. The first kappa shape index (κ1) is 43.5. The molecule has 290 valence electrons. The average Bonchev–Trinajstić information content (AvgIpc) is 3.47. The van der Waals surface area contributed by atoms with Gasteiger partial charge in [0.25, 0.3) is 5.91 Å². The van der Waals surface area contributed by atoms with E-state index in [1.54, 1.807) is 4.90 Å². The normalized spacial score (nSPS) is 21.3. The van der Waals surface area contributed by atoms with Crippen LogP contribution in [0.1, 0.15) is 114 Å². The lowest BCUT2D eigenvalue weighted by molar-refractivity contribution is -0.144. The monoisotopic (exact) mass is 718 g/mol. The number of urea groups is 1. The number of amides is 6. The Morgan fingerprint density at radius 2 is 1.57 bits per heavy atom. The second-order valence-corrected chi connectivity index (χ2v) is 15.9. The second-order valence-electron chi connectivity index (χ2n) is 15.9. The Hall–Kier alpha value is -3.64. The Bertz CT molecular complexity index is 1210. The molecule has 0 radical (unpaired) electrons. The van der Waals surface area contributed by atoms with Crippen LogP contribution in [-0.4, -0.2) is 90.4 Å². The van der Waals surface area contributed by atoms with E-state index in [2.05, 4.69) is 47.0 Å². The zero-order valence-electron chi connectivity index (χ0n) is 32.6. The molecular weight excluding hydrogens is 652 g/mol.